The van der Waals surface area contributed by atoms with E-state index in [1.165, 1.54) is 4.31 Å². The molecule has 3 heterocycles. The van der Waals surface area contributed by atoms with Crippen LogP contribution in [0.2, 0.25) is 0 Å². The molecule has 160 valence electrons. The van der Waals surface area contributed by atoms with Gasteiger partial charge in [-0.2, -0.15) is 4.31 Å². The molecule has 1 amide bonds. The Bertz CT molecular complexity index is 818. The smallest absolute Gasteiger partial charge is 0.243 e. The first-order valence-electron chi connectivity index (χ1n) is 10.2. The number of hydrogen-bond acceptors (Lipinski definition) is 5. The Morgan fingerprint density at radius 1 is 1.00 bits per heavy atom. The van der Waals surface area contributed by atoms with Crippen molar-refractivity contribution in [2.45, 2.75) is 36.9 Å². The predicted molar refractivity (Wildman–Crippen MR) is 111 cm³/mol. The highest BCUT2D eigenvalue weighted by Gasteiger charge is 2.37. The maximum absolute atomic E-state index is 13.1. The third kappa shape index (κ3) is 4.69. The number of nitrogens with zero attached hydrogens (tertiary/aromatic N) is 2. The number of benzene rings is 1. The van der Waals surface area contributed by atoms with Crippen molar-refractivity contribution in [2.75, 3.05) is 39.4 Å². The number of amides is 1. The molecule has 0 aromatic heterocycles. The molecule has 1 unspecified atom stereocenters. The Kier molecular flexibility index (Phi) is 6.60. The zero-order chi connectivity index (χ0) is 20.4. The molecular formula is C20H27BrN2O5S. The number of rotatable bonds is 4. The van der Waals surface area contributed by atoms with Crippen LogP contribution >= 0.6 is 15.9 Å². The minimum atomic E-state index is -3.59. The van der Waals surface area contributed by atoms with Crippen molar-refractivity contribution in [3.8, 4) is 0 Å². The van der Waals surface area contributed by atoms with Crippen LogP contribution in [-0.2, 0) is 24.3 Å². The van der Waals surface area contributed by atoms with Gasteiger partial charge >= 0.3 is 0 Å². The van der Waals surface area contributed by atoms with Gasteiger partial charge in [0.1, 0.15) is 0 Å². The summed E-state index contributed by atoms with van der Waals surface area (Å²) in [6, 6.07) is 6.65. The maximum atomic E-state index is 13.1. The van der Waals surface area contributed by atoms with Gasteiger partial charge in [0.15, 0.2) is 6.29 Å². The molecule has 7 nitrogen and oxygen atoms in total. The van der Waals surface area contributed by atoms with Gasteiger partial charge in [0.25, 0.3) is 0 Å². The quantitative estimate of drug-likeness (QED) is 0.653. The molecule has 3 aliphatic heterocycles. The molecule has 0 bridgehead atoms. The van der Waals surface area contributed by atoms with E-state index in [1.807, 2.05) is 4.90 Å². The van der Waals surface area contributed by atoms with Crippen molar-refractivity contribution in [3.63, 3.8) is 0 Å². The summed E-state index contributed by atoms with van der Waals surface area (Å²) >= 11 is 3.33. The van der Waals surface area contributed by atoms with Gasteiger partial charge in [-0.3, -0.25) is 4.79 Å². The average molecular weight is 487 g/mol. The second-order valence-electron chi connectivity index (χ2n) is 7.93. The molecule has 3 saturated heterocycles. The van der Waals surface area contributed by atoms with E-state index in [1.54, 1.807) is 24.3 Å². The van der Waals surface area contributed by atoms with Crippen molar-refractivity contribution in [1.29, 1.82) is 0 Å². The molecule has 0 radical (unpaired) electrons. The number of sulfonamides is 1. The number of ether oxygens (including phenoxy) is 2. The SMILES string of the molecule is O=C(C1CCCN(S(=O)(=O)c2ccc(Br)cc2)C1)N1CCC(C2OCCO2)CC1. The molecule has 29 heavy (non-hydrogen) atoms. The van der Waals surface area contributed by atoms with Crippen molar-refractivity contribution >= 4 is 31.9 Å². The summed E-state index contributed by atoms with van der Waals surface area (Å²) in [6.45, 7) is 3.38. The fourth-order valence-corrected chi connectivity index (χ4v) is 6.21. The van der Waals surface area contributed by atoms with E-state index < -0.39 is 10.0 Å². The fraction of sp³-hybridized carbons (Fsp3) is 0.650. The lowest BCUT2D eigenvalue weighted by molar-refractivity contribution is -0.142. The molecule has 0 spiro atoms. The molecule has 1 aromatic carbocycles. The van der Waals surface area contributed by atoms with Crippen molar-refractivity contribution in [1.82, 2.24) is 9.21 Å². The minimum absolute atomic E-state index is 0.0763. The van der Waals surface area contributed by atoms with E-state index in [4.69, 9.17) is 9.47 Å². The Morgan fingerprint density at radius 3 is 2.31 bits per heavy atom. The summed E-state index contributed by atoms with van der Waals surface area (Å²) in [5.74, 6) is 0.138. The van der Waals surface area contributed by atoms with Crippen molar-refractivity contribution in [2.24, 2.45) is 11.8 Å². The van der Waals surface area contributed by atoms with E-state index in [-0.39, 0.29) is 29.6 Å². The first-order chi connectivity index (χ1) is 13.9. The average Bonchev–Trinajstić information content (AvgIpc) is 3.29. The summed E-state index contributed by atoms with van der Waals surface area (Å²) in [7, 11) is -3.59. The van der Waals surface area contributed by atoms with Gasteiger partial charge in [0.05, 0.1) is 24.0 Å². The first-order valence-corrected chi connectivity index (χ1v) is 12.5. The maximum Gasteiger partial charge on any atom is 0.243 e. The standard InChI is InChI=1S/C20H27BrN2O5S/c21-17-3-5-18(6-4-17)29(25,26)23-9-1-2-16(14-23)19(24)22-10-7-15(8-11-22)20-27-12-13-28-20/h3-6,15-16,20H,1-2,7-14H2. The first kappa shape index (κ1) is 21.2. The van der Waals surface area contributed by atoms with Crippen LogP contribution in [-0.4, -0.2) is 69.2 Å². The van der Waals surface area contributed by atoms with Gasteiger partial charge in [-0.25, -0.2) is 8.42 Å². The molecule has 9 heteroatoms. The lowest BCUT2D eigenvalue weighted by atomic mass is 9.93. The molecule has 1 atom stereocenters. The third-order valence-corrected chi connectivity index (χ3v) is 8.48. The summed E-state index contributed by atoms with van der Waals surface area (Å²) in [6.07, 6.45) is 3.04. The number of carbonyl (C=O) groups is 1. The number of likely N-dealkylation sites (tertiary alicyclic amines) is 1. The van der Waals surface area contributed by atoms with Gasteiger partial charge in [0.2, 0.25) is 15.9 Å². The van der Waals surface area contributed by atoms with Crippen LogP contribution in [0.1, 0.15) is 25.7 Å². The molecule has 3 fully saturated rings. The van der Waals surface area contributed by atoms with Gasteiger partial charge in [-0.1, -0.05) is 15.9 Å². The molecule has 1 aromatic rings. The molecule has 0 N–H and O–H groups in total. The van der Waals surface area contributed by atoms with Crippen molar-refractivity contribution < 1.29 is 22.7 Å². The van der Waals surface area contributed by atoms with E-state index >= 15 is 0 Å². The van der Waals surface area contributed by atoms with Gasteiger partial charge in [-0.05, 0) is 49.9 Å². The molecule has 3 aliphatic rings. The highest BCUT2D eigenvalue weighted by Crippen LogP contribution is 2.29. The van der Waals surface area contributed by atoms with Crippen LogP contribution in [0.15, 0.2) is 33.6 Å². The summed E-state index contributed by atoms with van der Waals surface area (Å²) in [5, 5.41) is 0. The third-order valence-electron chi connectivity index (χ3n) is 6.07. The second kappa shape index (κ2) is 9.01. The van der Waals surface area contributed by atoms with E-state index in [2.05, 4.69) is 15.9 Å². The highest BCUT2D eigenvalue weighted by atomic mass is 79.9. The second-order valence-corrected chi connectivity index (χ2v) is 10.8. The minimum Gasteiger partial charge on any atom is -0.350 e. The molecular weight excluding hydrogens is 460 g/mol. The summed E-state index contributed by atoms with van der Waals surface area (Å²) in [5.41, 5.74) is 0. The molecule has 4 rings (SSSR count). The monoisotopic (exact) mass is 486 g/mol. The van der Waals surface area contributed by atoms with Crippen molar-refractivity contribution in [3.05, 3.63) is 28.7 Å². The van der Waals surface area contributed by atoms with Crippen LogP contribution in [0.25, 0.3) is 0 Å². The summed E-state index contributed by atoms with van der Waals surface area (Å²) < 4.78 is 39.5. The molecule has 0 saturated carbocycles. The normalized spacial score (nSPS) is 25.4. The fourth-order valence-electron chi connectivity index (χ4n) is 4.42. The number of carbonyl (C=O) groups excluding carboxylic acids is 1. The number of piperidine rings is 2. The number of hydrogen-bond donors (Lipinski definition) is 0. The Morgan fingerprint density at radius 2 is 1.66 bits per heavy atom. The predicted octanol–water partition coefficient (Wildman–Crippen LogP) is 2.46. The Balaban J connectivity index is 1.37. The van der Waals surface area contributed by atoms with E-state index in [9.17, 15) is 13.2 Å². The topological polar surface area (TPSA) is 76.2 Å². The highest BCUT2D eigenvalue weighted by molar-refractivity contribution is 9.10. The zero-order valence-electron chi connectivity index (χ0n) is 16.3. The lowest BCUT2D eigenvalue weighted by Crippen LogP contribution is -2.49. The Hall–Kier alpha value is -1.00. The summed E-state index contributed by atoms with van der Waals surface area (Å²) in [4.78, 5) is 15.2. The van der Waals surface area contributed by atoms with E-state index in [0.29, 0.717) is 45.2 Å². The van der Waals surface area contributed by atoms with E-state index in [0.717, 1.165) is 23.7 Å². The van der Waals surface area contributed by atoms with Crippen LogP contribution in [0.4, 0.5) is 0 Å². The Labute approximate surface area is 180 Å². The van der Waals surface area contributed by atoms with Gasteiger partial charge in [0, 0.05) is 36.6 Å². The van der Waals surface area contributed by atoms with Crippen LogP contribution in [0, 0.1) is 11.8 Å². The largest absolute Gasteiger partial charge is 0.350 e. The van der Waals surface area contributed by atoms with Crippen LogP contribution < -0.4 is 0 Å². The molecule has 0 aliphatic carbocycles. The van der Waals surface area contributed by atoms with Gasteiger partial charge < -0.3 is 14.4 Å². The van der Waals surface area contributed by atoms with Crippen LogP contribution in [0.5, 0.6) is 0 Å². The lowest BCUT2D eigenvalue weighted by Gasteiger charge is -2.38. The van der Waals surface area contributed by atoms with Gasteiger partial charge in [-0.15, -0.1) is 0 Å². The number of halogens is 1. The van der Waals surface area contributed by atoms with Crippen LogP contribution in [0.3, 0.4) is 0 Å². The zero-order valence-corrected chi connectivity index (χ0v) is 18.7.